The number of rotatable bonds is 7. The van der Waals surface area contributed by atoms with Gasteiger partial charge in [-0.3, -0.25) is 4.79 Å². The molecule has 0 radical (unpaired) electrons. The van der Waals surface area contributed by atoms with Crippen LogP contribution in [0.4, 0.5) is 19.0 Å². The monoisotopic (exact) mass is 570 g/mol. The number of carbonyl (C=O) groups is 2. The number of halogens is 4. The van der Waals surface area contributed by atoms with Gasteiger partial charge in [0.25, 0.3) is 5.91 Å². The SMILES string of the molecule is COC(=O)c1ccc([C@H](C)NC(=O)c2c(C(F)(F)F)nn3c2N(CC2CCC(CBr)CC2)CC3)cc1. The van der Waals surface area contributed by atoms with Gasteiger partial charge >= 0.3 is 12.1 Å². The third-order valence-corrected chi connectivity index (χ3v) is 8.06. The molecule has 7 nitrogen and oxygen atoms in total. The molecular formula is C25H30BrF3N4O3. The van der Waals surface area contributed by atoms with E-state index in [2.05, 4.69) is 31.1 Å². The number of hydrogen-bond acceptors (Lipinski definition) is 5. The maximum Gasteiger partial charge on any atom is 0.436 e. The van der Waals surface area contributed by atoms with Crippen molar-refractivity contribution in [2.75, 3.05) is 30.4 Å². The number of fused-ring (bicyclic) bond motifs is 1. The zero-order valence-corrected chi connectivity index (χ0v) is 21.9. The number of hydrogen-bond donors (Lipinski definition) is 1. The number of amides is 1. The first-order valence-corrected chi connectivity index (χ1v) is 13.2. The average Bonchev–Trinajstić information content (AvgIpc) is 3.44. The molecule has 11 heteroatoms. The van der Waals surface area contributed by atoms with Crippen molar-refractivity contribution in [3.63, 3.8) is 0 Å². The Balaban J connectivity index is 1.55. The standard InChI is InChI=1S/C25H30BrF3N4O3/c1-15(18-7-9-19(10-8-18)24(35)36-2)30-22(34)20-21(25(27,28)29)31-33-12-11-32(23(20)33)14-17-5-3-16(13-26)4-6-17/h7-10,15-17H,3-6,11-14H2,1-2H3,(H,30,34)/t15-,16?,17?/m0/s1. The van der Waals surface area contributed by atoms with Gasteiger partial charge in [0, 0.05) is 18.4 Å². The summed E-state index contributed by atoms with van der Waals surface area (Å²) in [5, 5.41) is 7.48. The van der Waals surface area contributed by atoms with Crippen LogP contribution < -0.4 is 10.2 Å². The highest BCUT2D eigenvalue weighted by atomic mass is 79.9. The van der Waals surface area contributed by atoms with Crippen LogP contribution in [0.25, 0.3) is 0 Å². The molecule has 1 N–H and O–H groups in total. The summed E-state index contributed by atoms with van der Waals surface area (Å²) < 4.78 is 47.8. The lowest BCUT2D eigenvalue weighted by Gasteiger charge is -2.31. The van der Waals surface area contributed by atoms with Gasteiger partial charge in [-0.15, -0.1) is 0 Å². The predicted molar refractivity (Wildman–Crippen MR) is 132 cm³/mol. The third kappa shape index (κ3) is 5.55. The highest BCUT2D eigenvalue weighted by Gasteiger charge is 2.44. The Kier molecular flexibility index (Phi) is 7.96. The van der Waals surface area contributed by atoms with Crippen molar-refractivity contribution in [1.82, 2.24) is 15.1 Å². The molecule has 36 heavy (non-hydrogen) atoms. The summed E-state index contributed by atoms with van der Waals surface area (Å²) in [6, 6.07) is 5.79. The van der Waals surface area contributed by atoms with Gasteiger partial charge in [-0.05, 0) is 62.1 Å². The van der Waals surface area contributed by atoms with Crippen LogP contribution in [0, 0.1) is 11.8 Å². The van der Waals surface area contributed by atoms with Crippen molar-refractivity contribution < 1.29 is 27.5 Å². The molecule has 1 atom stereocenters. The Bertz CT molecular complexity index is 1100. The van der Waals surface area contributed by atoms with Crippen LogP contribution in [0.1, 0.15) is 70.6 Å². The van der Waals surface area contributed by atoms with Gasteiger partial charge in [0.05, 0.1) is 25.3 Å². The zero-order chi connectivity index (χ0) is 26.0. The number of carbonyl (C=O) groups excluding carboxylic acids is 2. The molecular weight excluding hydrogens is 541 g/mol. The molecule has 1 amide bonds. The average molecular weight is 571 g/mol. The largest absolute Gasteiger partial charge is 0.465 e. The van der Waals surface area contributed by atoms with E-state index in [4.69, 9.17) is 0 Å². The maximum atomic E-state index is 13.9. The van der Waals surface area contributed by atoms with E-state index in [1.165, 1.54) is 11.8 Å². The Hall–Kier alpha value is -2.56. The van der Waals surface area contributed by atoms with Gasteiger partial charge in [0.2, 0.25) is 0 Å². The van der Waals surface area contributed by atoms with Gasteiger partial charge in [0.1, 0.15) is 11.4 Å². The van der Waals surface area contributed by atoms with E-state index in [9.17, 15) is 22.8 Å². The minimum Gasteiger partial charge on any atom is -0.465 e. The molecule has 0 saturated heterocycles. The zero-order valence-electron chi connectivity index (χ0n) is 20.3. The summed E-state index contributed by atoms with van der Waals surface area (Å²) in [7, 11) is 1.28. The molecule has 1 aliphatic heterocycles. The molecule has 1 aliphatic carbocycles. The van der Waals surface area contributed by atoms with E-state index in [0.29, 0.717) is 42.6 Å². The van der Waals surface area contributed by atoms with Gasteiger partial charge in [-0.2, -0.15) is 18.3 Å². The fraction of sp³-hybridized carbons (Fsp3) is 0.560. The van der Waals surface area contributed by atoms with Gasteiger partial charge < -0.3 is 15.0 Å². The number of aromatic nitrogens is 2. The fourth-order valence-electron chi connectivity index (χ4n) is 5.09. The highest BCUT2D eigenvalue weighted by Crippen LogP contribution is 2.39. The Morgan fingerprint density at radius 2 is 1.78 bits per heavy atom. The smallest absolute Gasteiger partial charge is 0.436 e. The minimum absolute atomic E-state index is 0.246. The molecule has 1 saturated carbocycles. The molecule has 1 aromatic carbocycles. The molecule has 2 heterocycles. The number of nitrogens with one attached hydrogen (secondary N) is 1. The van der Waals surface area contributed by atoms with Crippen LogP contribution in [-0.4, -0.2) is 47.2 Å². The van der Waals surface area contributed by atoms with Crippen molar-refractivity contribution >= 4 is 33.6 Å². The van der Waals surface area contributed by atoms with Crippen molar-refractivity contribution in [3.05, 3.63) is 46.6 Å². The van der Waals surface area contributed by atoms with E-state index >= 15 is 0 Å². The number of methoxy groups -OCH3 is 1. The maximum absolute atomic E-state index is 13.9. The fourth-order valence-corrected chi connectivity index (χ4v) is 5.74. The summed E-state index contributed by atoms with van der Waals surface area (Å²) in [5.41, 5.74) is -0.591. The first kappa shape index (κ1) is 26.5. The lowest BCUT2D eigenvalue weighted by atomic mass is 9.83. The van der Waals surface area contributed by atoms with Crippen LogP contribution >= 0.6 is 15.9 Å². The third-order valence-electron chi connectivity index (χ3n) is 7.14. The second kappa shape index (κ2) is 10.8. The van der Waals surface area contributed by atoms with E-state index in [0.717, 1.165) is 31.0 Å². The normalized spacial score (nSPS) is 20.7. The van der Waals surface area contributed by atoms with Crippen LogP contribution in [-0.2, 0) is 17.5 Å². The van der Waals surface area contributed by atoms with E-state index in [1.54, 1.807) is 31.2 Å². The molecule has 0 unspecified atom stereocenters. The topological polar surface area (TPSA) is 76.5 Å². The molecule has 0 spiro atoms. The summed E-state index contributed by atoms with van der Waals surface area (Å²) in [5.74, 6) is -0.0473. The van der Waals surface area contributed by atoms with Gasteiger partial charge in [0.15, 0.2) is 5.69 Å². The summed E-state index contributed by atoms with van der Waals surface area (Å²) in [4.78, 5) is 26.8. The number of ether oxygens (including phenoxy) is 1. The summed E-state index contributed by atoms with van der Waals surface area (Å²) in [6.07, 6.45) is -0.526. The van der Waals surface area contributed by atoms with E-state index in [1.807, 2.05) is 4.90 Å². The second-order valence-corrected chi connectivity index (χ2v) is 10.2. The van der Waals surface area contributed by atoms with Gasteiger partial charge in [-0.25, -0.2) is 9.48 Å². The molecule has 196 valence electrons. The van der Waals surface area contributed by atoms with Crippen LogP contribution in [0.15, 0.2) is 24.3 Å². The van der Waals surface area contributed by atoms with Crippen molar-refractivity contribution in [2.45, 2.75) is 51.4 Å². The van der Waals surface area contributed by atoms with Crippen LogP contribution in [0.2, 0.25) is 0 Å². The predicted octanol–water partition coefficient (Wildman–Crippen LogP) is 5.20. The van der Waals surface area contributed by atoms with Crippen molar-refractivity contribution in [3.8, 4) is 0 Å². The van der Waals surface area contributed by atoms with Crippen LogP contribution in [0.5, 0.6) is 0 Å². The summed E-state index contributed by atoms with van der Waals surface area (Å²) in [6.45, 7) is 3.14. The number of alkyl halides is 4. The molecule has 1 fully saturated rings. The summed E-state index contributed by atoms with van der Waals surface area (Å²) >= 11 is 3.54. The minimum atomic E-state index is -4.75. The lowest BCUT2D eigenvalue weighted by Crippen LogP contribution is -2.34. The number of anilines is 1. The second-order valence-electron chi connectivity index (χ2n) is 9.56. The Morgan fingerprint density at radius 1 is 1.14 bits per heavy atom. The number of esters is 1. The van der Waals surface area contributed by atoms with Crippen LogP contribution in [0.3, 0.4) is 0 Å². The quantitative estimate of drug-likeness (QED) is 0.365. The Morgan fingerprint density at radius 3 is 2.36 bits per heavy atom. The lowest BCUT2D eigenvalue weighted by molar-refractivity contribution is -0.141. The molecule has 0 bridgehead atoms. The van der Waals surface area contributed by atoms with E-state index in [-0.39, 0.29) is 5.82 Å². The highest BCUT2D eigenvalue weighted by molar-refractivity contribution is 9.09. The molecule has 1 aromatic heterocycles. The first-order chi connectivity index (χ1) is 17.1. The van der Waals surface area contributed by atoms with Gasteiger partial charge in [-0.1, -0.05) is 28.1 Å². The van der Waals surface area contributed by atoms with E-state index < -0.39 is 35.4 Å². The first-order valence-electron chi connectivity index (χ1n) is 12.1. The molecule has 2 aliphatic rings. The Labute approximate surface area is 216 Å². The van der Waals surface area contributed by atoms with Crippen molar-refractivity contribution in [2.24, 2.45) is 11.8 Å². The molecule has 2 aromatic rings. The number of nitrogens with zero attached hydrogens (tertiary/aromatic N) is 3. The number of benzene rings is 1. The molecule has 4 rings (SSSR count). The van der Waals surface area contributed by atoms with Crippen molar-refractivity contribution in [1.29, 1.82) is 0 Å².